The van der Waals surface area contributed by atoms with Gasteiger partial charge in [0, 0.05) is 0 Å². The molecule has 3 aromatic rings. The molecule has 0 saturated carbocycles. The number of aromatic nitrogens is 2. The molecule has 0 amide bonds. The van der Waals surface area contributed by atoms with Gasteiger partial charge in [-0.1, -0.05) is 30.3 Å². The predicted octanol–water partition coefficient (Wildman–Crippen LogP) is 3.51. The van der Waals surface area contributed by atoms with Crippen molar-refractivity contribution in [2.75, 3.05) is 0 Å². The van der Waals surface area contributed by atoms with Crippen LogP contribution in [-0.4, -0.2) is 15.5 Å². The van der Waals surface area contributed by atoms with E-state index in [-0.39, 0.29) is 5.97 Å². The highest BCUT2D eigenvalue weighted by Gasteiger charge is 2.19. The predicted molar refractivity (Wildman–Crippen MR) is 81.3 cm³/mol. The van der Waals surface area contributed by atoms with Gasteiger partial charge in [0.25, 0.3) is 0 Å². The van der Waals surface area contributed by atoms with Gasteiger partial charge in [0.15, 0.2) is 0 Å². The Bertz CT molecular complexity index is 792. The molecule has 3 rings (SSSR count). The lowest BCUT2D eigenvalue weighted by Crippen LogP contribution is -2.21. The first-order valence-corrected chi connectivity index (χ1v) is 6.85. The molecule has 4 nitrogen and oxygen atoms in total. The van der Waals surface area contributed by atoms with E-state index in [4.69, 9.17) is 4.74 Å². The zero-order valence-corrected chi connectivity index (χ0v) is 12.0. The van der Waals surface area contributed by atoms with Crippen LogP contribution in [-0.2, 0) is 4.79 Å². The number of esters is 1. The number of fused-ring (bicyclic) bond motifs is 1. The molecule has 0 bridgehead atoms. The number of para-hydroxylation sites is 3. The Kier molecular flexibility index (Phi) is 3.44. The Morgan fingerprint density at radius 2 is 1.86 bits per heavy atom. The summed E-state index contributed by atoms with van der Waals surface area (Å²) < 4.78 is 7.32. The molecule has 0 aliphatic carbocycles. The van der Waals surface area contributed by atoms with Crippen molar-refractivity contribution in [1.82, 2.24) is 9.55 Å². The first kappa shape index (κ1) is 13.4. The first-order chi connectivity index (χ1) is 10.2. The minimum atomic E-state index is -0.433. The molecule has 1 aromatic heterocycles. The van der Waals surface area contributed by atoms with Gasteiger partial charge in [0.1, 0.15) is 11.8 Å². The lowest BCUT2D eigenvalue weighted by molar-refractivity contribution is -0.137. The molecule has 0 N–H and O–H groups in total. The van der Waals surface area contributed by atoms with Gasteiger partial charge in [-0.15, -0.1) is 0 Å². The van der Waals surface area contributed by atoms with E-state index in [9.17, 15) is 4.79 Å². The van der Waals surface area contributed by atoms with Crippen LogP contribution in [0.25, 0.3) is 11.0 Å². The molecular formula is C17H16N2O2. The molecule has 0 aliphatic heterocycles. The number of aryl methyl sites for hydroxylation is 1. The zero-order valence-electron chi connectivity index (χ0n) is 12.0. The van der Waals surface area contributed by atoms with Gasteiger partial charge < -0.3 is 9.30 Å². The Labute approximate surface area is 123 Å². The molecule has 0 spiro atoms. The molecule has 4 heteroatoms. The summed E-state index contributed by atoms with van der Waals surface area (Å²) in [6, 6.07) is 14.8. The van der Waals surface area contributed by atoms with Crippen molar-refractivity contribution < 1.29 is 9.53 Å². The summed E-state index contributed by atoms with van der Waals surface area (Å²) in [5.74, 6) is 0.297. The molecule has 21 heavy (non-hydrogen) atoms. The number of ether oxygens (including phenoxy) is 1. The van der Waals surface area contributed by atoms with E-state index in [2.05, 4.69) is 4.98 Å². The van der Waals surface area contributed by atoms with Crippen molar-refractivity contribution in [2.24, 2.45) is 0 Å². The maximum atomic E-state index is 12.3. The van der Waals surface area contributed by atoms with Crippen LogP contribution in [0.5, 0.6) is 5.75 Å². The van der Waals surface area contributed by atoms with Gasteiger partial charge in [-0.05, 0) is 37.6 Å². The van der Waals surface area contributed by atoms with E-state index >= 15 is 0 Å². The number of nitrogens with zero attached hydrogens (tertiary/aromatic N) is 2. The highest BCUT2D eigenvalue weighted by molar-refractivity contribution is 5.81. The number of hydrogen-bond acceptors (Lipinski definition) is 3. The summed E-state index contributed by atoms with van der Waals surface area (Å²) in [5, 5.41) is 0. The van der Waals surface area contributed by atoms with Crippen molar-refractivity contribution in [2.45, 2.75) is 19.9 Å². The van der Waals surface area contributed by atoms with Crippen LogP contribution < -0.4 is 4.74 Å². The third-order valence-corrected chi connectivity index (χ3v) is 3.54. The normalized spacial score (nSPS) is 12.3. The first-order valence-electron chi connectivity index (χ1n) is 6.85. The van der Waals surface area contributed by atoms with Crippen molar-refractivity contribution in [3.63, 3.8) is 0 Å². The van der Waals surface area contributed by atoms with Gasteiger partial charge in [-0.3, -0.25) is 0 Å². The quantitative estimate of drug-likeness (QED) is 0.544. The highest BCUT2D eigenvalue weighted by atomic mass is 16.5. The maximum Gasteiger partial charge on any atom is 0.334 e. The van der Waals surface area contributed by atoms with Gasteiger partial charge in [0.2, 0.25) is 0 Å². The molecule has 0 aliphatic rings. The van der Waals surface area contributed by atoms with Crippen LogP contribution in [0.1, 0.15) is 18.5 Å². The van der Waals surface area contributed by atoms with Gasteiger partial charge in [-0.25, -0.2) is 9.78 Å². The number of imidazole rings is 1. The third kappa shape index (κ3) is 2.52. The molecule has 1 unspecified atom stereocenters. The molecule has 1 atom stereocenters. The van der Waals surface area contributed by atoms with E-state index in [1.165, 1.54) is 0 Å². The molecule has 2 aromatic carbocycles. The molecule has 0 radical (unpaired) electrons. The molecule has 0 saturated heterocycles. The summed E-state index contributed by atoms with van der Waals surface area (Å²) in [6.45, 7) is 3.73. The van der Waals surface area contributed by atoms with Crippen LogP contribution in [0, 0.1) is 6.92 Å². The maximum absolute atomic E-state index is 12.3. The molecule has 106 valence electrons. The summed E-state index contributed by atoms with van der Waals surface area (Å²) in [6.07, 6.45) is 1.68. The fourth-order valence-corrected chi connectivity index (χ4v) is 2.27. The second-order valence-corrected chi connectivity index (χ2v) is 5.00. The van der Waals surface area contributed by atoms with E-state index < -0.39 is 6.04 Å². The summed E-state index contributed by atoms with van der Waals surface area (Å²) in [5.41, 5.74) is 2.73. The van der Waals surface area contributed by atoms with Crippen LogP contribution in [0.4, 0.5) is 0 Å². The second-order valence-electron chi connectivity index (χ2n) is 5.00. The third-order valence-electron chi connectivity index (χ3n) is 3.54. The number of rotatable bonds is 3. The van der Waals surface area contributed by atoms with Gasteiger partial charge in [-0.2, -0.15) is 0 Å². The van der Waals surface area contributed by atoms with Crippen molar-refractivity contribution >= 4 is 17.0 Å². The molecular weight excluding hydrogens is 264 g/mol. The topological polar surface area (TPSA) is 44.1 Å². The fraction of sp³-hybridized carbons (Fsp3) is 0.176. The SMILES string of the molecule is Cc1ccccc1OC(=O)C(C)n1cnc2ccccc21. The van der Waals surface area contributed by atoms with E-state index in [1.54, 1.807) is 12.4 Å². The Balaban J connectivity index is 1.86. The largest absolute Gasteiger partial charge is 0.425 e. The number of carbonyl (C=O) groups is 1. The average Bonchev–Trinajstić information content (AvgIpc) is 2.92. The summed E-state index contributed by atoms with van der Waals surface area (Å²) >= 11 is 0. The average molecular weight is 280 g/mol. The minimum absolute atomic E-state index is 0.299. The number of benzene rings is 2. The van der Waals surface area contributed by atoms with Crippen LogP contribution >= 0.6 is 0 Å². The van der Waals surface area contributed by atoms with Crippen LogP contribution in [0.2, 0.25) is 0 Å². The minimum Gasteiger partial charge on any atom is -0.425 e. The lowest BCUT2D eigenvalue weighted by atomic mass is 10.2. The standard InChI is InChI=1S/C17H16N2O2/c1-12-7-3-6-10-16(12)21-17(20)13(2)19-11-18-14-8-4-5-9-15(14)19/h3-11,13H,1-2H3. The van der Waals surface area contributed by atoms with Crippen molar-refractivity contribution in [3.05, 3.63) is 60.4 Å². The molecule has 1 heterocycles. The Morgan fingerprint density at radius 1 is 1.14 bits per heavy atom. The number of carbonyl (C=O) groups excluding carboxylic acids is 1. The van der Waals surface area contributed by atoms with Crippen molar-refractivity contribution in [1.29, 1.82) is 0 Å². The molecule has 0 fully saturated rings. The number of hydrogen-bond donors (Lipinski definition) is 0. The Morgan fingerprint density at radius 3 is 2.67 bits per heavy atom. The highest BCUT2D eigenvalue weighted by Crippen LogP contribution is 2.21. The van der Waals surface area contributed by atoms with E-state index in [1.807, 2.05) is 60.9 Å². The van der Waals surface area contributed by atoms with Crippen LogP contribution in [0.3, 0.4) is 0 Å². The smallest absolute Gasteiger partial charge is 0.334 e. The Hall–Kier alpha value is -2.62. The summed E-state index contributed by atoms with van der Waals surface area (Å²) in [7, 11) is 0. The van der Waals surface area contributed by atoms with Crippen molar-refractivity contribution in [3.8, 4) is 5.75 Å². The lowest BCUT2D eigenvalue weighted by Gasteiger charge is -2.14. The monoisotopic (exact) mass is 280 g/mol. The van der Waals surface area contributed by atoms with Crippen LogP contribution in [0.15, 0.2) is 54.9 Å². The van der Waals surface area contributed by atoms with Gasteiger partial charge in [0.05, 0.1) is 17.4 Å². The second kappa shape index (κ2) is 5.40. The zero-order chi connectivity index (χ0) is 14.8. The van der Waals surface area contributed by atoms with Gasteiger partial charge >= 0.3 is 5.97 Å². The van der Waals surface area contributed by atoms with E-state index in [0.29, 0.717) is 5.75 Å². The summed E-state index contributed by atoms with van der Waals surface area (Å²) in [4.78, 5) is 16.6. The van der Waals surface area contributed by atoms with E-state index in [0.717, 1.165) is 16.6 Å². The fourth-order valence-electron chi connectivity index (χ4n) is 2.27.